The van der Waals surface area contributed by atoms with Gasteiger partial charge in [0.25, 0.3) is 0 Å². The number of hydrogen-bond acceptors (Lipinski definition) is 2. The van der Waals surface area contributed by atoms with E-state index in [4.69, 9.17) is 5.73 Å². The molecule has 1 aliphatic rings. The molecule has 1 saturated heterocycles. The standard InChI is InChI=1S/C16H26N2.ClH/c1-12-4-5-16(13(2)10-12)11-18-8-6-15(7-9-18)14(3)17;/h4-5,10,14-15H,6-9,11,17H2,1-3H3;1H. The Bertz CT molecular complexity index is 396. The largest absolute Gasteiger partial charge is 0.328 e. The Balaban J connectivity index is 0.00000180. The fraction of sp³-hybridized carbons (Fsp3) is 0.625. The van der Waals surface area contributed by atoms with Crippen molar-refractivity contribution in [3.8, 4) is 0 Å². The molecule has 2 nitrogen and oxygen atoms in total. The van der Waals surface area contributed by atoms with E-state index >= 15 is 0 Å². The molecule has 2 N–H and O–H groups in total. The van der Waals surface area contributed by atoms with Crippen LogP contribution in [0.5, 0.6) is 0 Å². The number of piperidine rings is 1. The first-order valence-electron chi connectivity index (χ1n) is 7.10. The molecule has 1 aromatic carbocycles. The van der Waals surface area contributed by atoms with Crippen molar-refractivity contribution in [3.63, 3.8) is 0 Å². The average Bonchev–Trinajstić information content (AvgIpc) is 2.33. The van der Waals surface area contributed by atoms with Crippen LogP contribution in [-0.4, -0.2) is 24.0 Å². The minimum Gasteiger partial charge on any atom is -0.328 e. The summed E-state index contributed by atoms with van der Waals surface area (Å²) in [7, 11) is 0. The molecule has 1 heterocycles. The van der Waals surface area contributed by atoms with E-state index in [2.05, 4.69) is 43.9 Å². The maximum atomic E-state index is 5.99. The first kappa shape index (κ1) is 16.5. The number of hydrogen-bond donors (Lipinski definition) is 1. The molecule has 0 amide bonds. The predicted molar refractivity (Wildman–Crippen MR) is 84.8 cm³/mol. The Kier molecular flexibility index (Phi) is 6.31. The smallest absolute Gasteiger partial charge is 0.0236 e. The molecule has 0 aromatic heterocycles. The van der Waals surface area contributed by atoms with Crippen LogP contribution in [-0.2, 0) is 6.54 Å². The van der Waals surface area contributed by atoms with Gasteiger partial charge < -0.3 is 5.73 Å². The maximum Gasteiger partial charge on any atom is 0.0236 e. The third kappa shape index (κ3) is 4.48. The van der Waals surface area contributed by atoms with E-state index in [9.17, 15) is 0 Å². The van der Waals surface area contributed by atoms with Gasteiger partial charge in [-0.05, 0) is 63.7 Å². The Labute approximate surface area is 123 Å². The van der Waals surface area contributed by atoms with Gasteiger partial charge in [0.1, 0.15) is 0 Å². The number of benzene rings is 1. The molecule has 1 unspecified atom stereocenters. The van der Waals surface area contributed by atoms with Gasteiger partial charge in [0.15, 0.2) is 0 Å². The number of nitrogens with two attached hydrogens (primary N) is 1. The lowest BCUT2D eigenvalue weighted by molar-refractivity contribution is 0.165. The highest BCUT2D eigenvalue weighted by Gasteiger charge is 2.21. The highest BCUT2D eigenvalue weighted by Crippen LogP contribution is 2.22. The predicted octanol–water partition coefficient (Wildman–Crippen LogP) is 3.28. The van der Waals surface area contributed by atoms with Crippen LogP contribution in [0.2, 0.25) is 0 Å². The van der Waals surface area contributed by atoms with Crippen LogP contribution in [0.3, 0.4) is 0 Å². The first-order valence-corrected chi connectivity index (χ1v) is 7.10. The average molecular weight is 283 g/mol. The van der Waals surface area contributed by atoms with Gasteiger partial charge in [0, 0.05) is 12.6 Å². The Morgan fingerprint density at radius 1 is 1.26 bits per heavy atom. The van der Waals surface area contributed by atoms with Gasteiger partial charge in [0.2, 0.25) is 0 Å². The van der Waals surface area contributed by atoms with Crippen LogP contribution in [0, 0.1) is 19.8 Å². The fourth-order valence-electron chi connectivity index (χ4n) is 2.90. The van der Waals surface area contributed by atoms with Crippen molar-refractivity contribution in [2.45, 2.75) is 46.2 Å². The molecule has 19 heavy (non-hydrogen) atoms. The monoisotopic (exact) mass is 282 g/mol. The van der Waals surface area contributed by atoms with E-state index in [1.807, 2.05) is 0 Å². The molecule has 1 fully saturated rings. The number of halogens is 1. The van der Waals surface area contributed by atoms with Crippen molar-refractivity contribution in [2.24, 2.45) is 11.7 Å². The lowest BCUT2D eigenvalue weighted by atomic mass is 9.90. The summed E-state index contributed by atoms with van der Waals surface area (Å²) in [5, 5.41) is 0. The van der Waals surface area contributed by atoms with Gasteiger partial charge in [-0.2, -0.15) is 0 Å². The lowest BCUT2D eigenvalue weighted by Crippen LogP contribution is -2.39. The Morgan fingerprint density at radius 3 is 2.42 bits per heavy atom. The highest BCUT2D eigenvalue weighted by atomic mass is 35.5. The van der Waals surface area contributed by atoms with Crippen LogP contribution >= 0.6 is 12.4 Å². The summed E-state index contributed by atoms with van der Waals surface area (Å²) in [5.74, 6) is 0.723. The highest BCUT2D eigenvalue weighted by molar-refractivity contribution is 5.85. The van der Waals surface area contributed by atoms with Crippen molar-refractivity contribution < 1.29 is 0 Å². The van der Waals surface area contributed by atoms with Gasteiger partial charge in [-0.1, -0.05) is 23.8 Å². The molecule has 1 aromatic rings. The molecule has 108 valence electrons. The zero-order chi connectivity index (χ0) is 13.1. The summed E-state index contributed by atoms with van der Waals surface area (Å²) < 4.78 is 0. The van der Waals surface area contributed by atoms with Crippen LogP contribution in [0.15, 0.2) is 18.2 Å². The van der Waals surface area contributed by atoms with Crippen LogP contribution in [0.4, 0.5) is 0 Å². The summed E-state index contributed by atoms with van der Waals surface area (Å²) >= 11 is 0. The van der Waals surface area contributed by atoms with Gasteiger partial charge in [0.05, 0.1) is 0 Å². The zero-order valence-corrected chi connectivity index (χ0v) is 13.2. The molecule has 0 radical (unpaired) electrons. The van der Waals surface area contributed by atoms with Gasteiger partial charge in [-0.3, -0.25) is 4.90 Å². The van der Waals surface area contributed by atoms with Gasteiger partial charge in [-0.15, -0.1) is 12.4 Å². The topological polar surface area (TPSA) is 29.3 Å². The third-order valence-corrected chi connectivity index (χ3v) is 4.27. The number of aryl methyl sites for hydroxylation is 2. The van der Waals surface area contributed by atoms with Gasteiger partial charge in [-0.25, -0.2) is 0 Å². The number of nitrogens with zero attached hydrogens (tertiary/aromatic N) is 1. The molecule has 1 aliphatic heterocycles. The molecule has 0 bridgehead atoms. The zero-order valence-electron chi connectivity index (χ0n) is 12.4. The fourth-order valence-corrected chi connectivity index (χ4v) is 2.90. The SMILES string of the molecule is Cc1ccc(CN2CCC(C(C)N)CC2)c(C)c1.Cl. The maximum absolute atomic E-state index is 5.99. The minimum absolute atomic E-state index is 0. The summed E-state index contributed by atoms with van der Waals surface area (Å²) in [4.78, 5) is 2.57. The van der Waals surface area contributed by atoms with E-state index in [1.54, 1.807) is 0 Å². The van der Waals surface area contributed by atoms with Crippen molar-refractivity contribution in [1.82, 2.24) is 4.90 Å². The quantitative estimate of drug-likeness (QED) is 0.922. The summed E-state index contributed by atoms with van der Waals surface area (Å²) in [6.45, 7) is 10.0. The first-order chi connectivity index (χ1) is 8.56. The molecular weight excluding hydrogens is 256 g/mol. The summed E-state index contributed by atoms with van der Waals surface area (Å²) in [6.07, 6.45) is 2.51. The third-order valence-electron chi connectivity index (χ3n) is 4.27. The minimum atomic E-state index is 0. The second-order valence-corrected chi connectivity index (χ2v) is 5.90. The second-order valence-electron chi connectivity index (χ2n) is 5.90. The number of rotatable bonds is 3. The molecule has 1 atom stereocenters. The number of likely N-dealkylation sites (tertiary alicyclic amines) is 1. The van der Waals surface area contributed by atoms with E-state index in [1.165, 1.54) is 42.6 Å². The molecule has 3 heteroatoms. The van der Waals surface area contributed by atoms with Crippen LogP contribution < -0.4 is 5.73 Å². The van der Waals surface area contributed by atoms with E-state index in [0.717, 1.165) is 12.5 Å². The van der Waals surface area contributed by atoms with E-state index in [-0.39, 0.29) is 12.4 Å². The summed E-state index contributed by atoms with van der Waals surface area (Å²) in [5.41, 5.74) is 10.2. The Morgan fingerprint density at radius 2 is 1.89 bits per heavy atom. The van der Waals surface area contributed by atoms with Crippen molar-refractivity contribution >= 4 is 12.4 Å². The molecule has 0 spiro atoms. The van der Waals surface area contributed by atoms with Crippen molar-refractivity contribution in [1.29, 1.82) is 0 Å². The lowest BCUT2D eigenvalue weighted by Gasteiger charge is -2.34. The summed E-state index contributed by atoms with van der Waals surface area (Å²) in [6, 6.07) is 7.14. The molecule has 2 rings (SSSR count). The van der Waals surface area contributed by atoms with E-state index in [0.29, 0.717) is 6.04 Å². The van der Waals surface area contributed by atoms with Gasteiger partial charge >= 0.3 is 0 Å². The normalized spacial score (nSPS) is 18.9. The van der Waals surface area contributed by atoms with Crippen molar-refractivity contribution in [2.75, 3.05) is 13.1 Å². The van der Waals surface area contributed by atoms with Crippen molar-refractivity contribution in [3.05, 3.63) is 34.9 Å². The Hall–Kier alpha value is -0.570. The molecule has 0 aliphatic carbocycles. The van der Waals surface area contributed by atoms with Crippen LogP contribution in [0.25, 0.3) is 0 Å². The van der Waals surface area contributed by atoms with E-state index < -0.39 is 0 Å². The molecular formula is C16H27ClN2. The van der Waals surface area contributed by atoms with Crippen LogP contribution in [0.1, 0.15) is 36.5 Å². The molecule has 0 saturated carbocycles. The second kappa shape index (κ2) is 7.28.